The van der Waals surface area contributed by atoms with Gasteiger partial charge in [-0.3, -0.25) is 4.68 Å². The highest BCUT2D eigenvalue weighted by Gasteiger charge is 2.18. The number of nitrogens with two attached hydrogens (primary N) is 1. The molecule has 0 spiro atoms. The largest absolute Gasteiger partial charge is 0.389 e. The van der Waals surface area contributed by atoms with Gasteiger partial charge in [0.05, 0.1) is 11.3 Å². The molecule has 0 amide bonds. The number of aromatic nitrogens is 2. The summed E-state index contributed by atoms with van der Waals surface area (Å²) < 4.78 is 1.81. The lowest BCUT2D eigenvalue weighted by Crippen LogP contribution is -2.26. The van der Waals surface area contributed by atoms with Gasteiger partial charge in [0.25, 0.3) is 0 Å². The van der Waals surface area contributed by atoms with Crippen molar-refractivity contribution in [1.29, 1.82) is 0 Å². The molecule has 2 unspecified atom stereocenters. The van der Waals surface area contributed by atoms with Crippen LogP contribution < -0.4 is 11.1 Å². The number of nitrogens with zero attached hydrogens (tertiary/aromatic N) is 2. The molecule has 2 atom stereocenters. The molecule has 1 aromatic rings. The van der Waals surface area contributed by atoms with E-state index in [9.17, 15) is 0 Å². The van der Waals surface area contributed by atoms with E-state index in [1.54, 1.807) is 0 Å². The monoisotopic (exact) mass is 254 g/mol. The Hall–Kier alpha value is -1.10. The molecule has 0 saturated heterocycles. The van der Waals surface area contributed by atoms with Crippen molar-refractivity contribution < 1.29 is 0 Å². The van der Waals surface area contributed by atoms with Crippen LogP contribution in [0.2, 0.25) is 0 Å². The number of hydrogen-bond acceptors (Lipinski definition) is 3. The molecule has 3 N–H and O–H groups in total. The second kappa shape index (κ2) is 5.49. The van der Waals surface area contributed by atoms with E-state index in [2.05, 4.69) is 31.2 Å². The fourth-order valence-corrected chi connectivity index (χ4v) is 2.07. The van der Waals surface area contributed by atoms with Crippen LogP contribution >= 0.6 is 12.2 Å². The number of anilines is 1. The zero-order valence-corrected chi connectivity index (χ0v) is 12.1. The summed E-state index contributed by atoms with van der Waals surface area (Å²) in [6.07, 6.45) is 1.13. The molecule has 1 rings (SSSR count). The minimum atomic E-state index is 0.364. The van der Waals surface area contributed by atoms with E-state index < -0.39 is 0 Å². The summed E-state index contributed by atoms with van der Waals surface area (Å²) in [7, 11) is 1.90. The fraction of sp³-hybridized carbons (Fsp3) is 0.667. The van der Waals surface area contributed by atoms with Crippen molar-refractivity contribution in [3.05, 3.63) is 11.3 Å². The second-order valence-corrected chi connectivity index (χ2v) is 5.06. The summed E-state index contributed by atoms with van der Waals surface area (Å²) in [5.41, 5.74) is 7.48. The van der Waals surface area contributed by atoms with E-state index in [4.69, 9.17) is 18.0 Å². The predicted octanol–water partition coefficient (Wildman–Crippen LogP) is 2.21. The van der Waals surface area contributed by atoms with Crippen molar-refractivity contribution in [2.45, 2.75) is 40.2 Å². The molecule has 0 saturated carbocycles. The molecular weight excluding hydrogens is 232 g/mol. The molecule has 4 nitrogen and oxygen atoms in total. The van der Waals surface area contributed by atoms with Crippen LogP contribution in [0.25, 0.3) is 0 Å². The van der Waals surface area contributed by atoms with Gasteiger partial charge in [0.2, 0.25) is 0 Å². The van der Waals surface area contributed by atoms with Gasteiger partial charge in [-0.05, 0) is 19.8 Å². The third kappa shape index (κ3) is 2.97. The standard InChI is InChI=1S/C12H22N4S/c1-6-7(2)8(3)14-12-10(11(13)17)9(4)15-16(12)5/h7-8,14H,6H2,1-5H3,(H2,13,17). The zero-order chi connectivity index (χ0) is 13.2. The lowest BCUT2D eigenvalue weighted by Gasteiger charge is -2.21. The summed E-state index contributed by atoms with van der Waals surface area (Å²) in [6.45, 7) is 8.50. The van der Waals surface area contributed by atoms with Crippen LogP contribution in [0.15, 0.2) is 0 Å². The normalized spacial score (nSPS) is 14.4. The van der Waals surface area contributed by atoms with Crippen LogP contribution in [0, 0.1) is 12.8 Å². The van der Waals surface area contributed by atoms with Crippen LogP contribution in [-0.2, 0) is 7.05 Å². The highest BCUT2D eigenvalue weighted by molar-refractivity contribution is 7.80. The third-order valence-electron chi connectivity index (χ3n) is 3.33. The van der Waals surface area contributed by atoms with Crippen LogP contribution in [0.5, 0.6) is 0 Å². The molecule has 1 aromatic heterocycles. The first kappa shape index (κ1) is 14.0. The Labute approximate surface area is 109 Å². The van der Waals surface area contributed by atoms with E-state index in [0.29, 0.717) is 16.9 Å². The Balaban J connectivity index is 3.01. The van der Waals surface area contributed by atoms with E-state index >= 15 is 0 Å². The summed E-state index contributed by atoms with van der Waals surface area (Å²) in [4.78, 5) is 0.398. The topological polar surface area (TPSA) is 55.9 Å². The van der Waals surface area contributed by atoms with Crippen molar-refractivity contribution in [3.63, 3.8) is 0 Å². The van der Waals surface area contributed by atoms with Gasteiger partial charge in [0.1, 0.15) is 10.8 Å². The van der Waals surface area contributed by atoms with Gasteiger partial charge < -0.3 is 11.1 Å². The average Bonchev–Trinajstić information content (AvgIpc) is 2.52. The van der Waals surface area contributed by atoms with E-state index in [1.165, 1.54) is 0 Å². The summed E-state index contributed by atoms with van der Waals surface area (Å²) in [5, 5.41) is 7.82. The Morgan fingerprint density at radius 3 is 2.59 bits per heavy atom. The third-order valence-corrected chi connectivity index (χ3v) is 3.53. The van der Waals surface area contributed by atoms with Gasteiger partial charge in [-0.25, -0.2) is 0 Å². The maximum atomic E-state index is 5.75. The van der Waals surface area contributed by atoms with Crippen LogP contribution in [0.1, 0.15) is 38.4 Å². The average molecular weight is 254 g/mol. The molecule has 96 valence electrons. The van der Waals surface area contributed by atoms with Gasteiger partial charge >= 0.3 is 0 Å². The van der Waals surface area contributed by atoms with E-state index in [1.807, 2.05) is 18.7 Å². The lowest BCUT2D eigenvalue weighted by atomic mass is 10.0. The maximum absolute atomic E-state index is 5.75. The van der Waals surface area contributed by atoms with Crippen molar-refractivity contribution in [2.24, 2.45) is 18.7 Å². The Kier molecular flexibility index (Phi) is 4.51. The first-order valence-corrected chi connectivity index (χ1v) is 6.39. The minimum absolute atomic E-state index is 0.364. The summed E-state index contributed by atoms with van der Waals surface area (Å²) in [5.74, 6) is 1.51. The molecule has 5 heteroatoms. The van der Waals surface area contributed by atoms with E-state index in [0.717, 1.165) is 23.5 Å². The first-order valence-electron chi connectivity index (χ1n) is 5.98. The first-order chi connectivity index (χ1) is 7.88. The lowest BCUT2D eigenvalue weighted by molar-refractivity contribution is 0.491. The highest BCUT2D eigenvalue weighted by Crippen LogP contribution is 2.21. The highest BCUT2D eigenvalue weighted by atomic mass is 32.1. The molecule has 0 radical (unpaired) electrons. The van der Waals surface area contributed by atoms with Gasteiger partial charge in [-0.2, -0.15) is 5.10 Å². The zero-order valence-electron chi connectivity index (χ0n) is 11.2. The van der Waals surface area contributed by atoms with Crippen molar-refractivity contribution in [3.8, 4) is 0 Å². The number of nitrogens with one attached hydrogen (secondary N) is 1. The van der Waals surface area contributed by atoms with Crippen molar-refractivity contribution >= 4 is 23.0 Å². The van der Waals surface area contributed by atoms with Gasteiger partial charge in [-0.15, -0.1) is 0 Å². The molecule has 0 fully saturated rings. The van der Waals surface area contributed by atoms with E-state index in [-0.39, 0.29) is 0 Å². The Morgan fingerprint density at radius 2 is 2.12 bits per heavy atom. The van der Waals surface area contributed by atoms with Gasteiger partial charge in [0.15, 0.2) is 0 Å². The predicted molar refractivity (Wildman–Crippen MR) is 76.4 cm³/mol. The van der Waals surface area contributed by atoms with Crippen LogP contribution in [0.3, 0.4) is 0 Å². The number of aryl methyl sites for hydroxylation is 2. The van der Waals surface area contributed by atoms with Crippen LogP contribution in [-0.4, -0.2) is 20.8 Å². The molecule has 0 aliphatic rings. The minimum Gasteiger partial charge on any atom is -0.389 e. The molecule has 0 aliphatic heterocycles. The number of rotatable bonds is 5. The Bertz CT molecular complexity index is 411. The smallest absolute Gasteiger partial charge is 0.134 e. The summed E-state index contributed by atoms with van der Waals surface area (Å²) in [6, 6.07) is 0.364. The fourth-order valence-electron chi connectivity index (χ4n) is 1.83. The van der Waals surface area contributed by atoms with Gasteiger partial charge in [0, 0.05) is 13.1 Å². The molecule has 0 bridgehead atoms. The maximum Gasteiger partial charge on any atom is 0.134 e. The molecule has 0 aliphatic carbocycles. The van der Waals surface area contributed by atoms with Crippen LogP contribution in [0.4, 0.5) is 5.82 Å². The molecular formula is C12H22N4S. The molecule has 0 aromatic carbocycles. The number of hydrogen-bond donors (Lipinski definition) is 2. The Morgan fingerprint density at radius 1 is 1.53 bits per heavy atom. The second-order valence-electron chi connectivity index (χ2n) is 4.62. The number of thiocarbonyl (C=S) groups is 1. The van der Waals surface area contributed by atoms with Crippen molar-refractivity contribution in [1.82, 2.24) is 9.78 Å². The molecule has 1 heterocycles. The summed E-state index contributed by atoms with van der Waals surface area (Å²) >= 11 is 5.08. The van der Waals surface area contributed by atoms with Crippen molar-refractivity contribution in [2.75, 3.05) is 5.32 Å². The molecule has 17 heavy (non-hydrogen) atoms. The SMILES string of the molecule is CCC(C)C(C)Nc1c(C(N)=S)c(C)nn1C. The quantitative estimate of drug-likeness (QED) is 0.791. The van der Waals surface area contributed by atoms with Gasteiger partial charge in [-0.1, -0.05) is 32.5 Å².